The van der Waals surface area contributed by atoms with Crippen LogP contribution in [0.3, 0.4) is 0 Å². The SMILES string of the molecule is COc1cc(C#N)ccc1Oc1ccc(NC(=O)N2CCC(C)(C(=O)O)C2)cc1. The Morgan fingerprint density at radius 1 is 1.21 bits per heavy atom. The Bertz CT molecular complexity index is 967. The van der Waals surface area contributed by atoms with Gasteiger partial charge in [0, 0.05) is 24.8 Å². The number of amides is 2. The van der Waals surface area contributed by atoms with Crippen LogP contribution >= 0.6 is 0 Å². The first kappa shape index (κ1) is 20.0. The maximum absolute atomic E-state index is 12.4. The van der Waals surface area contributed by atoms with Crippen LogP contribution in [-0.2, 0) is 4.79 Å². The molecular weight excluding hydrogens is 374 g/mol. The molecule has 0 aromatic heterocycles. The average Bonchev–Trinajstić information content (AvgIpc) is 3.13. The molecule has 0 spiro atoms. The Balaban J connectivity index is 1.63. The van der Waals surface area contributed by atoms with Gasteiger partial charge in [-0.05, 0) is 49.7 Å². The predicted molar refractivity (Wildman–Crippen MR) is 105 cm³/mol. The molecule has 2 aromatic carbocycles. The van der Waals surface area contributed by atoms with Crippen molar-refractivity contribution in [2.75, 3.05) is 25.5 Å². The van der Waals surface area contributed by atoms with E-state index in [1.54, 1.807) is 49.4 Å². The number of carbonyl (C=O) groups excluding carboxylic acids is 1. The van der Waals surface area contributed by atoms with Gasteiger partial charge >= 0.3 is 12.0 Å². The molecule has 1 saturated heterocycles. The van der Waals surface area contributed by atoms with Gasteiger partial charge in [-0.15, -0.1) is 0 Å². The predicted octanol–water partition coefficient (Wildman–Crippen LogP) is 3.69. The number of carboxylic acid groups (broad SMARTS) is 1. The number of hydrogen-bond donors (Lipinski definition) is 2. The van der Waals surface area contributed by atoms with Gasteiger partial charge in [0.1, 0.15) is 5.75 Å². The summed E-state index contributed by atoms with van der Waals surface area (Å²) in [5, 5.41) is 21.0. The highest BCUT2D eigenvalue weighted by molar-refractivity contribution is 5.90. The number of hydrogen-bond acceptors (Lipinski definition) is 5. The normalized spacial score (nSPS) is 18.0. The molecule has 1 aliphatic heterocycles. The zero-order chi connectivity index (χ0) is 21.0. The number of rotatable bonds is 5. The summed E-state index contributed by atoms with van der Waals surface area (Å²) in [5.41, 5.74) is 0.126. The molecule has 0 saturated carbocycles. The molecule has 1 heterocycles. The first-order chi connectivity index (χ1) is 13.8. The van der Waals surface area contributed by atoms with E-state index in [1.165, 1.54) is 12.0 Å². The van der Waals surface area contributed by atoms with Gasteiger partial charge in [0.2, 0.25) is 0 Å². The highest BCUT2D eigenvalue weighted by atomic mass is 16.5. The minimum atomic E-state index is -0.908. The molecule has 2 N–H and O–H groups in total. The zero-order valence-corrected chi connectivity index (χ0v) is 16.1. The van der Waals surface area contributed by atoms with Crippen molar-refractivity contribution in [3.8, 4) is 23.3 Å². The lowest BCUT2D eigenvalue weighted by atomic mass is 9.90. The molecule has 150 valence electrons. The molecule has 29 heavy (non-hydrogen) atoms. The van der Waals surface area contributed by atoms with Crippen LogP contribution in [0.25, 0.3) is 0 Å². The minimum Gasteiger partial charge on any atom is -0.493 e. The molecule has 3 rings (SSSR count). The number of nitrogens with one attached hydrogen (secondary N) is 1. The largest absolute Gasteiger partial charge is 0.493 e. The average molecular weight is 395 g/mol. The molecule has 1 unspecified atom stereocenters. The fourth-order valence-corrected chi connectivity index (χ4v) is 3.07. The van der Waals surface area contributed by atoms with Gasteiger partial charge in [0.05, 0.1) is 24.2 Å². The number of carboxylic acids is 1. The van der Waals surface area contributed by atoms with Crippen LogP contribution in [0.2, 0.25) is 0 Å². The maximum Gasteiger partial charge on any atom is 0.321 e. The fraction of sp³-hybridized carbons (Fsp3) is 0.286. The van der Waals surface area contributed by atoms with Crippen LogP contribution in [0.1, 0.15) is 18.9 Å². The number of likely N-dealkylation sites (tertiary alicyclic amines) is 1. The van der Waals surface area contributed by atoms with E-state index < -0.39 is 11.4 Å². The van der Waals surface area contributed by atoms with Crippen molar-refractivity contribution in [3.63, 3.8) is 0 Å². The van der Waals surface area contributed by atoms with Crippen LogP contribution in [0, 0.1) is 16.7 Å². The summed E-state index contributed by atoms with van der Waals surface area (Å²) in [6, 6.07) is 13.3. The van der Waals surface area contributed by atoms with Crippen molar-refractivity contribution in [2.45, 2.75) is 13.3 Å². The number of methoxy groups -OCH3 is 1. The molecule has 8 heteroatoms. The summed E-state index contributed by atoms with van der Waals surface area (Å²) in [6.07, 6.45) is 0.426. The van der Waals surface area contributed by atoms with Gasteiger partial charge in [-0.1, -0.05) is 0 Å². The second-order valence-corrected chi connectivity index (χ2v) is 7.07. The van der Waals surface area contributed by atoms with Crippen molar-refractivity contribution in [1.29, 1.82) is 5.26 Å². The minimum absolute atomic E-state index is 0.174. The Labute approximate surface area is 168 Å². The molecule has 1 atom stereocenters. The summed E-state index contributed by atoms with van der Waals surface area (Å²) < 4.78 is 11.0. The molecular formula is C21H21N3O5. The fourth-order valence-electron chi connectivity index (χ4n) is 3.07. The van der Waals surface area contributed by atoms with Crippen LogP contribution in [0.15, 0.2) is 42.5 Å². The highest BCUT2D eigenvalue weighted by Crippen LogP contribution is 2.33. The quantitative estimate of drug-likeness (QED) is 0.799. The highest BCUT2D eigenvalue weighted by Gasteiger charge is 2.42. The molecule has 0 bridgehead atoms. The third-order valence-electron chi connectivity index (χ3n) is 4.90. The maximum atomic E-state index is 12.4. The van der Waals surface area contributed by atoms with Gasteiger partial charge < -0.3 is 24.8 Å². The number of nitriles is 1. The van der Waals surface area contributed by atoms with Crippen LogP contribution < -0.4 is 14.8 Å². The van der Waals surface area contributed by atoms with Gasteiger partial charge in [-0.25, -0.2) is 4.79 Å². The summed E-state index contributed by atoms with van der Waals surface area (Å²) in [4.78, 5) is 25.2. The first-order valence-electron chi connectivity index (χ1n) is 9.00. The number of aliphatic carboxylic acids is 1. The summed E-state index contributed by atoms with van der Waals surface area (Å²) in [6.45, 7) is 2.22. The van der Waals surface area contributed by atoms with E-state index in [4.69, 9.17) is 14.7 Å². The smallest absolute Gasteiger partial charge is 0.321 e. The lowest BCUT2D eigenvalue weighted by molar-refractivity contribution is -0.146. The van der Waals surface area contributed by atoms with Gasteiger partial charge in [0.25, 0.3) is 0 Å². The summed E-state index contributed by atoms with van der Waals surface area (Å²) >= 11 is 0. The van der Waals surface area contributed by atoms with Crippen LogP contribution in [-0.4, -0.2) is 42.2 Å². The van der Waals surface area contributed by atoms with E-state index >= 15 is 0 Å². The lowest BCUT2D eigenvalue weighted by Crippen LogP contribution is -2.37. The van der Waals surface area contributed by atoms with E-state index in [0.717, 1.165) is 0 Å². The van der Waals surface area contributed by atoms with E-state index in [1.807, 2.05) is 6.07 Å². The molecule has 0 aliphatic carbocycles. The second-order valence-electron chi connectivity index (χ2n) is 7.07. The Morgan fingerprint density at radius 3 is 2.52 bits per heavy atom. The molecule has 1 aliphatic rings. The molecule has 2 amide bonds. The van der Waals surface area contributed by atoms with Crippen molar-refractivity contribution in [2.24, 2.45) is 5.41 Å². The summed E-state index contributed by atoms with van der Waals surface area (Å²) in [7, 11) is 1.50. The van der Waals surface area contributed by atoms with Crippen molar-refractivity contribution in [1.82, 2.24) is 4.90 Å². The molecule has 8 nitrogen and oxygen atoms in total. The number of anilines is 1. The molecule has 0 radical (unpaired) electrons. The second kappa shape index (κ2) is 8.10. The van der Waals surface area contributed by atoms with Gasteiger partial charge in [-0.3, -0.25) is 4.79 Å². The van der Waals surface area contributed by atoms with Crippen molar-refractivity contribution in [3.05, 3.63) is 48.0 Å². The number of urea groups is 1. The van der Waals surface area contributed by atoms with Gasteiger partial charge in [-0.2, -0.15) is 5.26 Å². The van der Waals surface area contributed by atoms with Crippen LogP contribution in [0.5, 0.6) is 17.2 Å². The van der Waals surface area contributed by atoms with Crippen LogP contribution in [0.4, 0.5) is 10.5 Å². The van der Waals surface area contributed by atoms with E-state index in [0.29, 0.717) is 41.5 Å². The third-order valence-corrected chi connectivity index (χ3v) is 4.90. The number of carbonyl (C=O) groups is 2. The first-order valence-corrected chi connectivity index (χ1v) is 9.00. The van der Waals surface area contributed by atoms with E-state index in [-0.39, 0.29) is 12.6 Å². The Hall–Kier alpha value is -3.73. The van der Waals surface area contributed by atoms with E-state index in [9.17, 15) is 14.7 Å². The topological polar surface area (TPSA) is 112 Å². The number of ether oxygens (including phenoxy) is 2. The standard InChI is InChI=1S/C21H21N3O5/c1-21(19(25)26)9-10-24(13-21)20(27)23-15-4-6-16(7-5-15)29-17-8-3-14(12-22)11-18(17)28-2/h3-8,11H,9-10,13H2,1-2H3,(H,23,27)(H,25,26). The molecule has 1 fully saturated rings. The third kappa shape index (κ3) is 4.41. The molecule has 2 aromatic rings. The van der Waals surface area contributed by atoms with Crippen molar-refractivity contribution < 1.29 is 24.2 Å². The van der Waals surface area contributed by atoms with E-state index in [2.05, 4.69) is 5.32 Å². The number of nitrogens with zero attached hydrogens (tertiary/aromatic N) is 2. The Morgan fingerprint density at radius 2 is 1.93 bits per heavy atom. The van der Waals surface area contributed by atoms with Crippen molar-refractivity contribution >= 4 is 17.7 Å². The monoisotopic (exact) mass is 395 g/mol. The lowest BCUT2D eigenvalue weighted by Gasteiger charge is -2.20. The zero-order valence-electron chi connectivity index (χ0n) is 16.1. The Kier molecular flexibility index (Phi) is 5.59. The van der Waals surface area contributed by atoms with Gasteiger partial charge in [0.15, 0.2) is 11.5 Å². The number of benzene rings is 2. The summed E-state index contributed by atoms with van der Waals surface area (Å²) in [5.74, 6) is 0.545.